The van der Waals surface area contributed by atoms with E-state index in [4.69, 9.17) is 5.73 Å². The monoisotopic (exact) mass is 265 g/mol. The number of benzene rings is 1. The molecule has 0 saturated carbocycles. The molecule has 0 aliphatic carbocycles. The van der Waals surface area contributed by atoms with E-state index in [-0.39, 0.29) is 12.4 Å². The lowest BCUT2D eigenvalue weighted by Gasteiger charge is -2.06. The third-order valence-corrected chi connectivity index (χ3v) is 2.88. The maximum Gasteiger partial charge on any atom is 0.0568 e. The zero-order chi connectivity index (χ0) is 12.3. The number of aryl methyl sites for hydroxylation is 2. The van der Waals surface area contributed by atoms with Crippen LogP contribution in [0.15, 0.2) is 30.6 Å². The van der Waals surface area contributed by atoms with Gasteiger partial charge in [0.1, 0.15) is 0 Å². The second kappa shape index (κ2) is 6.57. The van der Waals surface area contributed by atoms with E-state index in [1.165, 1.54) is 16.7 Å². The molecule has 4 heteroatoms. The van der Waals surface area contributed by atoms with Gasteiger partial charge in [-0.3, -0.25) is 4.68 Å². The molecular weight excluding hydrogens is 246 g/mol. The van der Waals surface area contributed by atoms with Crippen molar-refractivity contribution in [1.29, 1.82) is 0 Å². The zero-order valence-electron chi connectivity index (χ0n) is 10.9. The fourth-order valence-electron chi connectivity index (χ4n) is 2.03. The Kier molecular flexibility index (Phi) is 5.38. The fraction of sp³-hybridized carbons (Fsp3) is 0.357. The molecular formula is C14H20ClN3. The van der Waals surface area contributed by atoms with Crippen LogP contribution in [0.5, 0.6) is 0 Å². The first kappa shape index (κ1) is 14.7. The lowest BCUT2D eigenvalue weighted by atomic mass is 10.0. The summed E-state index contributed by atoms with van der Waals surface area (Å²) in [5, 5.41) is 4.36. The normalized spacial score (nSPS) is 10.2. The maximum absolute atomic E-state index is 5.80. The summed E-state index contributed by atoms with van der Waals surface area (Å²) >= 11 is 0. The first-order chi connectivity index (χ1) is 8.24. The zero-order valence-corrected chi connectivity index (χ0v) is 11.7. The van der Waals surface area contributed by atoms with Crippen LogP contribution in [0.1, 0.15) is 24.5 Å². The SMILES string of the molecule is CCCn1cc(-c2ccc(C)cc2CN)cn1.Cl. The Bertz CT molecular complexity index is 505. The summed E-state index contributed by atoms with van der Waals surface area (Å²) < 4.78 is 1.98. The summed E-state index contributed by atoms with van der Waals surface area (Å²) in [4.78, 5) is 0. The third-order valence-electron chi connectivity index (χ3n) is 2.88. The smallest absolute Gasteiger partial charge is 0.0568 e. The molecule has 0 aliphatic heterocycles. The van der Waals surface area contributed by atoms with E-state index in [0.29, 0.717) is 6.54 Å². The highest BCUT2D eigenvalue weighted by Crippen LogP contribution is 2.24. The van der Waals surface area contributed by atoms with Crippen molar-refractivity contribution < 1.29 is 0 Å². The predicted octanol–water partition coefficient (Wildman–Crippen LogP) is 3.15. The standard InChI is InChI=1S/C14H19N3.ClH/c1-3-6-17-10-13(9-16-17)14-5-4-11(2)7-12(14)8-15;/h4-5,7,9-10H,3,6,8,15H2,1-2H3;1H. The summed E-state index contributed by atoms with van der Waals surface area (Å²) in [7, 11) is 0. The molecule has 0 amide bonds. The van der Waals surface area contributed by atoms with Crippen molar-refractivity contribution in [3.63, 3.8) is 0 Å². The van der Waals surface area contributed by atoms with Crippen LogP contribution < -0.4 is 5.73 Å². The lowest BCUT2D eigenvalue weighted by molar-refractivity contribution is 0.603. The van der Waals surface area contributed by atoms with Gasteiger partial charge >= 0.3 is 0 Å². The van der Waals surface area contributed by atoms with Crippen LogP contribution in [0.2, 0.25) is 0 Å². The van der Waals surface area contributed by atoms with Crippen molar-refractivity contribution in [1.82, 2.24) is 9.78 Å². The van der Waals surface area contributed by atoms with Gasteiger partial charge in [-0.15, -0.1) is 12.4 Å². The minimum atomic E-state index is 0. The van der Waals surface area contributed by atoms with Crippen molar-refractivity contribution in [2.75, 3.05) is 0 Å². The summed E-state index contributed by atoms with van der Waals surface area (Å²) in [5.74, 6) is 0. The molecule has 0 fully saturated rings. The first-order valence-electron chi connectivity index (χ1n) is 6.07. The minimum Gasteiger partial charge on any atom is -0.326 e. The van der Waals surface area contributed by atoms with Crippen LogP contribution in [0.4, 0.5) is 0 Å². The quantitative estimate of drug-likeness (QED) is 0.923. The molecule has 2 rings (SSSR count). The van der Waals surface area contributed by atoms with Gasteiger partial charge in [0.15, 0.2) is 0 Å². The minimum absolute atomic E-state index is 0. The highest BCUT2D eigenvalue weighted by atomic mass is 35.5. The Morgan fingerprint density at radius 2 is 2.11 bits per heavy atom. The number of hydrogen-bond acceptors (Lipinski definition) is 2. The average Bonchev–Trinajstić information content (AvgIpc) is 2.78. The molecule has 1 aromatic carbocycles. The molecule has 18 heavy (non-hydrogen) atoms. The molecule has 0 aliphatic rings. The van der Waals surface area contributed by atoms with E-state index in [1.807, 2.05) is 10.9 Å². The summed E-state index contributed by atoms with van der Waals surface area (Å²) in [6.07, 6.45) is 5.10. The molecule has 1 heterocycles. The van der Waals surface area contributed by atoms with E-state index >= 15 is 0 Å². The van der Waals surface area contributed by atoms with Gasteiger partial charge in [-0.2, -0.15) is 5.10 Å². The summed E-state index contributed by atoms with van der Waals surface area (Å²) in [6, 6.07) is 6.39. The highest BCUT2D eigenvalue weighted by Gasteiger charge is 2.06. The molecule has 0 saturated heterocycles. The predicted molar refractivity (Wildman–Crippen MR) is 77.8 cm³/mol. The number of rotatable bonds is 4. The van der Waals surface area contributed by atoms with E-state index in [2.05, 4.69) is 43.3 Å². The molecule has 2 aromatic rings. The molecule has 3 nitrogen and oxygen atoms in total. The molecule has 2 N–H and O–H groups in total. The van der Waals surface area contributed by atoms with Crippen LogP contribution in [-0.2, 0) is 13.1 Å². The molecule has 0 bridgehead atoms. The molecule has 0 spiro atoms. The average molecular weight is 266 g/mol. The van der Waals surface area contributed by atoms with Gasteiger partial charge < -0.3 is 5.73 Å². The Balaban J connectivity index is 0.00000162. The number of nitrogens with two attached hydrogens (primary N) is 1. The Hall–Kier alpha value is -1.32. The Morgan fingerprint density at radius 1 is 1.33 bits per heavy atom. The molecule has 1 aromatic heterocycles. The molecule has 0 radical (unpaired) electrons. The summed E-state index contributed by atoms with van der Waals surface area (Å²) in [6.45, 7) is 5.77. The lowest BCUT2D eigenvalue weighted by Crippen LogP contribution is -1.99. The Labute approximate surface area is 114 Å². The largest absolute Gasteiger partial charge is 0.326 e. The van der Waals surface area contributed by atoms with E-state index in [1.54, 1.807) is 0 Å². The second-order valence-electron chi connectivity index (χ2n) is 4.36. The van der Waals surface area contributed by atoms with Crippen LogP contribution in [-0.4, -0.2) is 9.78 Å². The highest BCUT2D eigenvalue weighted by molar-refractivity contribution is 5.85. The van der Waals surface area contributed by atoms with Crippen molar-refractivity contribution in [2.45, 2.75) is 33.4 Å². The van der Waals surface area contributed by atoms with E-state index < -0.39 is 0 Å². The van der Waals surface area contributed by atoms with Gasteiger partial charge in [0, 0.05) is 24.8 Å². The third kappa shape index (κ3) is 3.12. The van der Waals surface area contributed by atoms with Gasteiger partial charge in [-0.1, -0.05) is 30.7 Å². The number of nitrogens with zero attached hydrogens (tertiary/aromatic N) is 2. The number of halogens is 1. The van der Waals surface area contributed by atoms with Gasteiger partial charge in [0.05, 0.1) is 6.20 Å². The van der Waals surface area contributed by atoms with E-state index in [9.17, 15) is 0 Å². The van der Waals surface area contributed by atoms with Crippen molar-refractivity contribution in [3.05, 3.63) is 41.7 Å². The molecule has 98 valence electrons. The Morgan fingerprint density at radius 3 is 2.78 bits per heavy atom. The van der Waals surface area contributed by atoms with Gasteiger partial charge in [-0.05, 0) is 24.5 Å². The first-order valence-corrected chi connectivity index (χ1v) is 6.07. The number of hydrogen-bond donors (Lipinski definition) is 1. The van der Waals surface area contributed by atoms with Gasteiger partial charge in [-0.25, -0.2) is 0 Å². The topological polar surface area (TPSA) is 43.8 Å². The van der Waals surface area contributed by atoms with Crippen LogP contribution in [0.25, 0.3) is 11.1 Å². The molecule has 0 unspecified atom stereocenters. The van der Waals surface area contributed by atoms with Crippen molar-refractivity contribution in [2.24, 2.45) is 5.73 Å². The maximum atomic E-state index is 5.80. The van der Waals surface area contributed by atoms with Crippen molar-refractivity contribution in [3.8, 4) is 11.1 Å². The summed E-state index contributed by atoms with van der Waals surface area (Å²) in [5.41, 5.74) is 10.6. The van der Waals surface area contributed by atoms with Crippen LogP contribution in [0, 0.1) is 6.92 Å². The van der Waals surface area contributed by atoms with Crippen LogP contribution >= 0.6 is 12.4 Å². The fourth-order valence-corrected chi connectivity index (χ4v) is 2.03. The van der Waals surface area contributed by atoms with Gasteiger partial charge in [0.2, 0.25) is 0 Å². The van der Waals surface area contributed by atoms with E-state index in [0.717, 1.165) is 18.5 Å². The second-order valence-corrected chi connectivity index (χ2v) is 4.36. The molecule has 0 atom stereocenters. The van der Waals surface area contributed by atoms with Crippen LogP contribution in [0.3, 0.4) is 0 Å². The van der Waals surface area contributed by atoms with Gasteiger partial charge in [0.25, 0.3) is 0 Å². The van der Waals surface area contributed by atoms with Crippen molar-refractivity contribution >= 4 is 12.4 Å². The number of aromatic nitrogens is 2.